The predicted octanol–water partition coefficient (Wildman–Crippen LogP) is 1.65. The number of amides is 1. The molecule has 1 amide bonds. The molecule has 2 unspecified atom stereocenters. The van der Waals surface area contributed by atoms with Crippen LogP contribution in [0.2, 0.25) is 0 Å². The summed E-state index contributed by atoms with van der Waals surface area (Å²) < 4.78 is 5.69. The second kappa shape index (κ2) is 8.30. The van der Waals surface area contributed by atoms with Crippen LogP contribution in [0.3, 0.4) is 0 Å². The van der Waals surface area contributed by atoms with Crippen LogP contribution in [0.25, 0.3) is 0 Å². The molecule has 0 aromatic heterocycles. The van der Waals surface area contributed by atoms with E-state index in [0.717, 1.165) is 17.4 Å². The van der Waals surface area contributed by atoms with Gasteiger partial charge in [0, 0.05) is 11.6 Å². The smallest absolute Gasteiger partial charge is 0.238 e. The van der Waals surface area contributed by atoms with Crippen LogP contribution in [-0.4, -0.2) is 36.2 Å². The second-order valence-electron chi connectivity index (χ2n) is 4.26. The molecule has 2 atom stereocenters. The van der Waals surface area contributed by atoms with Gasteiger partial charge in [-0.2, -0.15) is 0 Å². The highest BCUT2D eigenvalue weighted by atomic mass is 35.5. The Hall–Kier alpha value is -0.910. The Morgan fingerprint density at radius 3 is 2.89 bits per heavy atom. The molecule has 1 aliphatic heterocycles. The fraction of sp³-hybridized carbons (Fsp3) is 0.462. The summed E-state index contributed by atoms with van der Waals surface area (Å²) in [6.45, 7) is 2.47. The van der Waals surface area contributed by atoms with Crippen LogP contribution in [0.1, 0.15) is 6.92 Å². The van der Waals surface area contributed by atoms with Crippen molar-refractivity contribution in [2.24, 2.45) is 0 Å². The maximum atomic E-state index is 11.8. The highest BCUT2D eigenvalue weighted by Gasteiger charge is 2.22. The van der Waals surface area contributed by atoms with Crippen LogP contribution in [-0.2, 0) is 4.79 Å². The zero-order chi connectivity index (χ0) is 12.8. The van der Waals surface area contributed by atoms with Gasteiger partial charge in [0.15, 0.2) is 0 Å². The van der Waals surface area contributed by atoms with Gasteiger partial charge in [0.1, 0.15) is 11.9 Å². The quantitative estimate of drug-likeness (QED) is 0.868. The average Bonchev–Trinajstić information content (AvgIpc) is 2.91. The molecule has 6 heteroatoms. The fourth-order valence-corrected chi connectivity index (χ4v) is 2.65. The normalized spacial score (nSPS) is 19.3. The number of carbonyl (C=O) groups is 1. The largest absolute Gasteiger partial charge is 0.489 e. The first-order valence-electron chi connectivity index (χ1n) is 6.06. The monoisotopic (exact) mass is 302 g/mol. The van der Waals surface area contributed by atoms with E-state index in [-0.39, 0.29) is 30.5 Å². The lowest BCUT2D eigenvalue weighted by molar-refractivity contribution is -0.122. The highest BCUT2D eigenvalue weighted by Crippen LogP contribution is 2.11. The third-order valence-electron chi connectivity index (χ3n) is 2.68. The third kappa shape index (κ3) is 5.30. The minimum atomic E-state index is -0.0566. The summed E-state index contributed by atoms with van der Waals surface area (Å²) in [7, 11) is 0. The van der Waals surface area contributed by atoms with E-state index in [0.29, 0.717) is 6.54 Å². The third-order valence-corrected chi connectivity index (χ3v) is 3.62. The zero-order valence-electron chi connectivity index (χ0n) is 10.8. The van der Waals surface area contributed by atoms with Crippen molar-refractivity contribution in [2.45, 2.75) is 19.1 Å². The molecule has 2 N–H and O–H groups in total. The Kier molecular flexibility index (Phi) is 7.05. The number of rotatable bonds is 5. The number of halogens is 1. The molecule has 0 spiro atoms. The standard InChI is InChI=1S/C13H18N2O2S.ClH/c1-10(17-11-5-3-2-4-6-11)7-14-13(16)12-8-18-9-15-12;/h2-6,10,12,15H,7-9H2,1H3,(H,14,16);1H. The van der Waals surface area contributed by atoms with Gasteiger partial charge in [0.25, 0.3) is 0 Å². The number of hydrogen-bond donors (Lipinski definition) is 2. The molecule has 1 saturated heterocycles. The molecule has 1 aromatic rings. The number of ether oxygens (including phenoxy) is 1. The van der Waals surface area contributed by atoms with Crippen molar-refractivity contribution < 1.29 is 9.53 Å². The summed E-state index contributed by atoms with van der Waals surface area (Å²) in [6.07, 6.45) is -0.0367. The van der Waals surface area contributed by atoms with E-state index >= 15 is 0 Å². The van der Waals surface area contributed by atoms with Crippen molar-refractivity contribution in [1.29, 1.82) is 0 Å². The SMILES string of the molecule is CC(CNC(=O)C1CSCN1)Oc1ccccc1.Cl. The molecule has 0 bridgehead atoms. The Bertz CT molecular complexity index is 385. The van der Waals surface area contributed by atoms with Crippen molar-refractivity contribution in [1.82, 2.24) is 10.6 Å². The van der Waals surface area contributed by atoms with Crippen molar-refractivity contribution in [3.63, 3.8) is 0 Å². The average molecular weight is 303 g/mol. The molecule has 0 radical (unpaired) electrons. The van der Waals surface area contributed by atoms with Crippen LogP contribution in [0.4, 0.5) is 0 Å². The van der Waals surface area contributed by atoms with Crippen molar-refractivity contribution >= 4 is 30.1 Å². The van der Waals surface area contributed by atoms with Gasteiger partial charge < -0.3 is 10.1 Å². The Labute approximate surface area is 124 Å². The molecule has 1 aromatic carbocycles. The number of benzene rings is 1. The summed E-state index contributed by atoms with van der Waals surface area (Å²) in [6, 6.07) is 9.57. The molecule has 2 rings (SSSR count). The Morgan fingerprint density at radius 2 is 2.26 bits per heavy atom. The van der Waals surface area contributed by atoms with Crippen LogP contribution >= 0.6 is 24.2 Å². The fourth-order valence-electron chi connectivity index (χ4n) is 1.70. The van der Waals surface area contributed by atoms with Gasteiger partial charge >= 0.3 is 0 Å². The zero-order valence-corrected chi connectivity index (χ0v) is 12.4. The van der Waals surface area contributed by atoms with Crippen LogP contribution < -0.4 is 15.4 Å². The van der Waals surface area contributed by atoms with E-state index in [9.17, 15) is 4.79 Å². The minimum absolute atomic E-state index is 0. The lowest BCUT2D eigenvalue weighted by atomic mass is 10.3. The van der Waals surface area contributed by atoms with Crippen LogP contribution in [0, 0.1) is 0 Å². The van der Waals surface area contributed by atoms with E-state index in [2.05, 4.69) is 10.6 Å². The van der Waals surface area contributed by atoms with Gasteiger partial charge in [0.2, 0.25) is 5.91 Å². The molecule has 106 valence electrons. The van der Waals surface area contributed by atoms with Crippen molar-refractivity contribution in [2.75, 3.05) is 18.2 Å². The molecule has 1 heterocycles. The summed E-state index contributed by atoms with van der Waals surface area (Å²) >= 11 is 1.74. The van der Waals surface area contributed by atoms with Gasteiger partial charge in [0.05, 0.1) is 12.6 Å². The van der Waals surface area contributed by atoms with E-state index in [4.69, 9.17) is 4.74 Å². The molecule has 19 heavy (non-hydrogen) atoms. The topological polar surface area (TPSA) is 50.4 Å². The van der Waals surface area contributed by atoms with E-state index in [1.807, 2.05) is 37.3 Å². The number of hydrogen-bond acceptors (Lipinski definition) is 4. The lowest BCUT2D eigenvalue weighted by Crippen LogP contribution is -2.44. The summed E-state index contributed by atoms with van der Waals surface area (Å²) in [5.41, 5.74) is 0. The first kappa shape index (κ1) is 16.1. The predicted molar refractivity (Wildman–Crippen MR) is 81.0 cm³/mol. The highest BCUT2D eigenvalue weighted by molar-refractivity contribution is 7.99. The second-order valence-corrected chi connectivity index (χ2v) is 5.29. The minimum Gasteiger partial charge on any atom is -0.489 e. The molecular weight excluding hydrogens is 284 g/mol. The lowest BCUT2D eigenvalue weighted by Gasteiger charge is -2.17. The first-order valence-corrected chi connectivity index (χ1v) is 7.21. The van der Waals surface area contributed by atoms with E-state index in [1.54, 1.807) is 11.8 Å². The van der Waals surface area contributed by atoms with Gasteiger partial charge in [-0.15, -0.1) is 24.2 Å². The maximum Gasteiger partial charge on any atom is 0.238 e. The summed E-state index contributed by atoms with van der Waals surface area (Å²) in [5.74, 6) is 2.59. The van der Waals surface area contributed by atoms with Crippen molar-refractivity contribution in [3.05, 3.63) is 30.3 Å². The van der Waals surface area contributed by atoms with Gasteiger partial charge in [-0.05, 0) is 19.1 Å². The molecule has 4 nitrogen and oxygen atoms in total. The van der Waals surface area contributed by atoms with E-state index in [1.165, 1.54) is 0 Å². The summed E-state index contributed by atoms with van der Waals surface area (Å²) in [5, 5.41) is 6.04. The molecular formula is C13H19ClN2O2S. The number of carbonyl (C=O) groups excluding carboxylic acids is 1. The van der Waals surface area contributed by atoms with E-state index < -0.39 is 0 Å². The Balaban J connectivity index is 0.00000180. The van der Waals surface area contributed by atoms with Gasteiger partial charge in [-0.1, -0.05) is 18.2 Å². The number of thioether (sulfide) groups is 1. The molecule has 0 aliphatic carbocycles. The number of nitrogens with one attached hydrogen (secondary N) is 2. The molecule has 0 saturated carbocycles. The summed E-state index contributed by atoms with van der Waals surface area (Å²) in [4.78, 5) is 11.8. The van der Waals surface area contributed by atoms with Gasteiger partial charge in [-0.25, -0.2) is 0 Å². The molecule has 1 fully saturated rings. The van der Waals surface area contributed by atoms with Crippen LogP contribution in [0.5, 0.6) is 5.75 Å². The van der Waals surface area contributed by atoms with Crippen molar-refractivity contribution in [3.8, 4) is 5.75 Å². The first-order chi connectivity index (χ1) is 8.75. The van der Waals surface area contributed by atoms with Crippen LogP contribution in [0.15, 0.2) is 30.3 Å². The Morgan fingerprint density at radius 1 is 1.53 bits per heavy atom. The maximum absolute atomic E-state index is 11.8. The molecule has 1 aliphatic rings. The number of para-hydroxylation sites is 1. The van der Waals surface area contributed by atoms with Gasteiger partial charge in [-0.3, -0.25) is 10.1 Å².